The van der Waals surface area contributed by atoms with E-state index in [0.29, 0.717) is 12.8 Å². The first kappa shape index (κ1) is 15.4. The van der Waals surface area contributed by atoms with Gasteiger partial charge < -0.3 is 5.32 Å². The molecule has 1 aliphatic rings. The van der Waals surface area contributed by atoms with Gasteiger partial charge in [0.25, 0.3) is 0 Å². The molecule has 0 aliphatic carbocycles. The third-order valence-corrected chi connectivity index (χ3v) is 5.70. The minimum absolute atomic E-state index is 0. The first-order chi connectivity index (χ1) is 8.12. The van der Waals surface area contributed by atoms with Gasteiger partial charge in [-0.15, -0.1) is 12.4 Å². The molecule has 1 aromatic rings. The van der Waals surface area contributed by atoms with Gasteiger partial charge in [-0.25, -0.2) is 13.1 Å². The molecule has 6 heteroatoms. The molecule has 0 unspecified atom stereocenters. The van der Waals surface area contributed by atoms with Crippen molar-refractivity contribution >= 4 is 22.4 Å². The number of sulfonamides is 1. The van der Waals surface area contributed by atoms with Crippen molar-refractivity contribution < 1.29 is 8.42 Å². The van der Waals surface area contributed by atoms with Gasteiger partial charge in [0.05, 0.1) is 0 Å². The Hall–Kier alpha value is -0.620. The lowest BCUT2D eigenvalue weighted by Gasteiger charge is -2.37. The zero-order valence-electron chi connectivity index (χ0n) is 10.3. The summed E-state index contributed by atoms with van der Waals surface area (Å²) in [6, 6.07) is 9.50. The van der Waals surface area contributed by atoms with Crippen LogP contribution in [0.3, 0.4) is 0 Å². The van der Waals surface area contributed by atoms with Crippen LogP contribution in [0, 0.1) is 0 Å². The fourth-order valence-corrected chi connectivity index (χ4v) is 4.06. The van der Waals surface area contributed by atoms with Crippen molar-refractivity contribution in [3.8, 4) is 0 Å². The highest BCUT2D eigenvalue weighted by Crippen LogP contribution is 2.37. The summed E-state index contributed by atoms with van der Waals surface area (Å²) in [7, 11) is -1.84. The lowest BCUT2D eigenvalue weighted by atomic mass is 9.89. The normalized spacial score (nSPS) is 18.9. The SMILES string of the molecule is CNS(=O)(=O)C1(c2ccccc2)CCNCC1.Cl. The number of piperidine rings is 1. The van der Waals surface area contributed by atoms with Crippen LogP contribution < -0.4 is 10.0 Å². The minimum Gasteiger partial charge on any atom is -0.317 e. The second-order valence-corrected chi connectivity index (χ2v) is 6.51. The van der Waals surface area contributed by atoms with Crippen molar-refractivity contribution in [3.05, 3.63) is 35.9 Å². The quantitative estimate of drug-likeness (QED) is 0.880. The Balaban J connectivity index is 0.00000162. The molecule has 1 heterocycles. The van der Waals surface area contributed by atoms with Crippen molar-refractivity contribution in [2.45, 2.75) is 17.6 Å². The summed E-state index contributed by atoms with van der Waals surface area (Å²) in [6.07, 6.45) is 1.22. The molecular formula is C12H19ClN2O2S. The molecule has 1 saturated heterocycles. The van der Waals surface area contributed by atoms with Crippen molar-refractivity contribution in [1.29, 1.82) is 0 Å². The van der Waals surface area contributed by atoms with Crippen LogP contribution in [-0.2, 0) is 14.8 Å². The van der Waals surface area contributed by atoms with Crippen LogP contribution in [0.5, 0.6) is 0 Å². The largest absolute Gasteiger partial charge is 0.317 e. The highest BCUT2D eigenvalue weighted by Gasteiger charge is 2.45. The van der Waals surface area contributed by atoms with E-state index in [0.717, 1.165) is 18.7 Å². The molecule has 18 heavy (non-hydrogen) atoms. The maximum absolute atomic E-state index is 12.3. The minimum atomic E-state index is -3.33. The van der Waals surface area contributed by atoms with E-state index < -0.39 is 14.8 Å². The first-order valence-corrected chi connectivity index (χ1v) is 7.30. The summed E-state index contributed by atoms with van der Waals surface area (Å²) in [5, 5.41) is 3.21. The van der Waals surface area contributed by atoms with E-state index in [4.69, 9.17) is 0 Å². The van der Waals surface area contributed by atoms with Crippen LogP contribution in [0.2, 0.25) is 0 Å². The number of rotatable bonds is 3. The monoisotopic (exact) mass is 290 g/mol. The Labute approximate surface area is 115 Å². The number of hydrogen-bond acceptors (Lipinski definition) is 3. The Morgan fingerprint density at radius 3 is 2.22 bits per heavy atom. The van der Waals surface area contributed by atoms with Crippen molar-refractivity contribution in [1.82, 2.24) is 10.0 Å². The molecule has 1 aromatic carbocycles. The lowest BCUT2D eigenvalue weighted by Crippen LogP contribution is -2.49. The summed E-state index contributed by atoms with van der Waals surface area (Å²) in [5.41, 5.74) is 0.885. The van der Waals surface area contributed by atoms with E-state index in [9.17, 15) is 8.42 Å². The van der Waals surface area contributed by atoms with Crippen molar-refractivity contribution in [3.63, 3.8) is 0 Å². The number of benzene rings is 1. The molecular weight excluding hydrogens is 272 g/mol. The molecule has 102 valence electrons. The Kier molecular flexibility index (Phi) is 5.16. The molecule has 2 N–H and O–H groups in total. The van der Waals surface area contributed by atoms with Crippen LogP contribution in [-0.4, -0.2) is 28.6 Å². The molecule has 0 atom stereocenters. The van der Waals surface area contributed by atoms with E-state index in [-0.39, 0.29) is 12.4 Å². The van der Waals surface area contributed by atoms with Crippen LogP contribution in [0.4, 0.5) is 0 Å². The maximum Gasteiger partial charge on any atom is 0.221 e. The molecule has 0 saturated carbocycles. The molecule has 4 nitrogen and oxygen atoms in total. The Morgan fingerprint density at radius 2 is 1.72 bits per heavy atom. The molecule has 0 bridgehead atoms. The second-order valence-electron chi connectivity index (χ2n) is 4.32. The topological polar surface area (TPSA) is 58.2 Å². The van der Waals surface area contributed by atoms with Gasteiger partial charge in [-0.2, -0.15) is 0 Å². The lowest BCUT2D eigenvalue weighted by molar-refractivity contribution is 0.392. The average molecular weight is 291 g/mol. The summed E-state index contributed by atoms with van der Waals surface area (Å²) in [6.45, 7) is 1.46. The third kappa shape index (κ3) is 2.54. The summed E-state index contributed by atoms with van der Waals surface area (Å²) >= 11 is 0. The highest BCUT2D eigenvalue weighted by molar-refractivity contribution is 7.90. The van der Waals surface area contributed by atoms with Crippen LogP contribution in [0.25, 0.3) is 0 Å². The van der Waals surface area contributed by atoms with E-state index >= 15 is 0 Å². The van der Waals surface area contributed by atoms with Gasteiger partial charge in [-0.3, -0.25) is 0 Å². The predicted molar refractivity (Wildman–Crippen MR) is 75.5 cm³/mol. The molecule has 0 spiro atoms. The zero-order chi connectivity index (χ0) is 12.4. The van der Waals surface area contributed by atoms with Gasteiger partial charge >= 0.3 is 0 Å². The number of hydrogen-bond donors (Lipinski definition) is 2. The second kappa shape index (κ2) is 6.02. The van der Waals surface area contributed by atoms with Crippen LogP contribution in [0.15, 0.2) is 30.3 Å². The molecule has 1 fully saturated rings. The summed E-state index contributed by atoms with van der Waals surface area (Å²) in [4.78, 5) is 0. The third-order valence-electron chi connectivity index (χ3n) is 3.49. The molecule has 0 aromatic heterocycles. The van der Waals surface area contributed by atoms with Crippen LogP contribution >= 0.6 is 12.4 Å². The van der Waals surface area contributed by atoms with E-state index in [1.165, 1.54) is 7.05 Å². The molecule has 0 amide bonds. The zero-order valence-corrected chi connectivity index (χ0v) is 12.0. The predicted octanol–water partition coefficient (Wildman–Crippen LogP) is 1.24. The fraction of sp³-hybridized carbons (Fsp3) is 0.500. The molecule has 1 aliphatic heterocycles. The number of halogens is 1. The molecule has 0 radical (unpaired) electrons. The smallest absolute Gasteiger partial charge is 0.221 e. The molecule has 2 rings (SSSR count). The fourth-order valence-electron chi connectivity index (χ4n) is 2.48. The first-order valence-electron chi connectivity index (χ1n) is 5.82. The van der Waals surface area contributed by atoms with Crippen molar-refractivity contribution in [2.75, 3.05) is 20.1 Å². The van der Waals surface area contributed by atoms with Gasteiger partial charge in [-0.05, 0) is 38.5 Å². The van der Waals surface area contributed by atoms with Gasteiger partial charge in [-0.1, -0.05) is 30.3 Å². The van der Waals surface area contributed by atoms with Gasteiger partial charge in [0.1, 0.15) is 4.75 Å². The highest BCUT2D eigenvalue weighted by atomic mass is 35.5. The number of nitrogens with one attached hydrogen (secondary N) is 2. The van der Waals surface area contributed by atoms with Gasteiger partial charge in [0.15, 0.2) is 0 Å². The van der Waals surface area contributed by atoms with E-state index in [1.807, 2.05) is 30.3 Å². The van der Waals surface area contributed by atoms with Gasteiger partial charge in [0.2, 0.25) is 10.0 Å². The summed E-state index contributed by atoms with van der Waals surface area (Å²) in [5.74, 6) is 0. The van der Waals surface area contributed by atoms with Crippen LogP contribution in [0.1, 0.15) is 18.4 Å². The maximum atomic E-state index is 12.3. The van der Waals surface area contributed by atoms with E-state index in [2.05, 4.69) is 10.0 Å². The van der Waals surface area contributed by atoms with Gasteiger partial charge in [0, 0.05) is 0 Å². The average Bonchev–Trinajstić information content (AvgIpc) is 2.40. The standard InChI is InChI=1S/C12H18N2O2S.ClH/c1-13-17(15,16)12(7-9-14-10-8-12)11-5-3-2-4-6-11;/h2-6,13-14H,7-10H2,1H3;1H. The van der Waals surface area contributed by atoms with E-state index in [1.54, 1.807) is 0 Å². The summed E-state index contributed by atoms with van der Waals surface area (Å²) < 4.78 is 26.4. The van der Waals surface area contributed by atoms with Crippen molar-refractivity contribution in [2.24, 2.45) is 0 Å². The Bertz CT molecular complexity index is 470. The Morgan fingerprint density at radius 1 is 1.17 bits per heavy atom.